The van der Waals surface area contributed by atoms with Gasteiger partial charge in [-0.05, 0) is 40.9 Å². The zero-order chi connectivity index (χ0) is 16.7. The van der Waals surface area contributed by atoms with Crippen LogP contribution in [0.2, 0.25) is 0 Å². The lowest BCUT2D eigenvalue weighted by atomic mass is 10.1. The number of hydrogen-bond donors (Lipinski definition) is 2. The first-order valence-corrected chi connectivity index (χ1v) is 9.83. The van der Waals surface area contributed by atoms with Gasteiger partial charge in [0.2, 0.25) is 5.91 Å². The van der Waals surface area contributed by atoms with Crippen molar-refractivity contribution < 1.29 is 18.3 Å². The Bertz CT molecular complexity index is 712. The molecule has 0 unspecified atom stereocenters. The fraction of sp³-hybridized carbons (Fsp3) is 0.312. The Labute approximate surface area is 139 Å². The first kappa shape index (κ1) is 17.7. The first-order valence-electron chi connectivity index (χ1n) is 7.24. The fourth-order valence-electron chi connectivity index (χ4n) is 2.04. The second kappa shape index (κ2) is 8.24. The Morgan fingerprint density at radius 3 is 2.61 bits per heavy atom. The maximum Gasteiger partial charge on any atom is 0.221 e. The van der Waals surface area contributed by atoms with Gasteiger partial charge in [-0.25, -0.2) is 8.42 Å². The van der Waals surface area contributed by atoms with Gasteiger partial charge in [0.15, 0.2) is 9.84 Å². The molecule has 0 fully saturated rings. The van der Waals surface area contributed by atoms with Crippen LogP contribution in [0.15, 0.2) is 52.1 Å². The predicted molar refractivity (Wildman–Crippen MR) is 90.0 cm³/mol. The van der Waals surface area contributed by atoms with E-state index in [1.54, 1.807) is 18.2 Å². The summed E-state index contributed by atoms with van der Waals surface area (Å²) >= 11 is 1.50. The molecule has 1 heterocycles. The lowest BCUT2D eigenvalue weighted by Crippen LogP contribution is -2.27. The van der Waals surface area contributed by atoms with E-state index in [1.165, 1.54) is 23.5 Å². The molecule has 0 bridgehead atoms. The van der Waals surface area contributed by atoms with Crippen molar-refractivity contribution in [2.75, 3.05) is 12.3 Å². The van der Waals surface area contributed by atoms with Crippen LogP contribution in [-0.4, -0.2) is 31.7 Å². The second-order valence-corrected chi connectivity index (χ2v) is 7.98. The average molecular weight is 353 g/mol. The van der Waals surface area contributed by atoms with E-state index in [1.807, 2.05) is 16.8 Å². The third-order valence-electron chi connectivity index (χ3n) is 3.37. The zero-order valence-corrected chi connectivity index (χ0v) is 14.1. The van der Waals surface area contributed by atoms with Gasteiger partial charge in [-0.3, -0.25) is 4.79 Å². The van der Waals surface area contributed by atoms with Crippen molar-refractivity contribution in [2.24, 2.45) is 0 Å². The van der Waals surface area contributed by atoms with Crippen LogP contribution in [0, 0.1) is 0 Å². The van der Waals surface area contributed by atoms with Gasteiger partial charge in [-0.15, -0.1) is 0 Å². The molecule has 1 aromatic carbocycles. The Morgan fingerprint density at radius 2 is 1.96 bits per heavy atom. The van der Waals surface area contributed by atoms with Gasteiger partial charge in [-0.2, -0.15) is 11.3 Å². The van der Waals surface area contributed by atoms with E-state index in [0.717, 1.165) is 5.56 Å². The molecule has 0 saturated carbocycles. The number of benzene rings is 1. The number of hydrogen-bond acceptors (Lipinski definition) is 5. The number of carbonyl (C=O) groups is 1. The average Bonchev–Trinajstić information content (AvgIpc) is 3.08. The molecule has 23 heavy (non-hydrogen) atoms. The third kappa shape index (κ3) is 5.46. The molecule has 0 spiro atoms. The summed E-state index contributed by atoms with van der Waals surface area (Å²) in [5.41, 5.74) is 0.830. The van der Waals surface area contributed by atoms with Gasteiger partial charge in [0, 0.05) is 13.0 Å². The SMILES string of the molecule is O=C(CCS(=O)(=O)c1ccccc1)NCC[C@@H](O)c1ccsc1. The quantitative estimate of drug-likeness (QED) is 0.762. The van der Waals surface area contributed by atoms with Crippen LogP contribution in [0.1, 0.15) is 24.5 Å². The van der Waals surface area contributed by atoms with Crippen LogP contribution in [0.5, 0.6) is 0 Å². The lowest BCUT2D eigenvalue weighted by molar-refractivity contribution is -0.120. The van der Waals surface area contributed by atoms with Gasteiger partial charge in [-0.1, -0.05) is 18.2 Å². The summed E-state index contributed by atoms with van der Waals surface area (Å²) in [7, 11) is -3.44. The number of aliphatic hydroxyl groups is 1. The summed E-state index contributed by atoms with van der Waals surface area (Å²) in [6.07, 6.45) is -0.311. The maximum atomic E-state index is 12.1. The van der Waals surface area contributed by atoms with Gasteiger partial charge in [0.05, 0.1) is 16.8 Å². The number of rotatable bonds is 8. The summed E-state index contributed by atoms with van der Waals surface area (Å²) in [6, 6.07) is 9.92. The molecule has 1 amide bonds. The Kier molecular flexibility index (Phi) is 6.32. The largest absolute Gasteiger partial charge is 0.388 e. The first-order chi connectivity index (χ1) is 11.0. The number of aliphatic hydroxyl groups excluding tert-OH is 1. The van der Waals surface area contributed by atoms with Gasteiger partial charge in [0.1, 0.15) is 0 Å². The molecule has 1 aromatic heterocycles. The number of sulfone groups is 1. The van der Waals surface area contributed by atoms with Crippen molar-refractivity contribution >= 4 is 27.1 Å². The molecule has 124 valence electrons. The normalized spacial score (nSPS) is 12.7. The number of carbonyl (C=O) groups excluding carboxylic acids is 1. The summed E-state index contributed by atoms with van der Waals surface area (Å²) in [5, 5.41) is 16.3. The van der Waals surface area contributed by atoms with Gasteiger partial charge >= 0.3 is 0 Å². The van der Waals surface area contributed by atoms with Gasteiger partial charge in [0.25, 0.3) is 0 Å². The van der Waals surface area contributed by atoms with E-state index < -0.39 is 15.9 Å². The number of amides is 1. The molecule has 2 N–H and O–H groups in total. The number of thiophene rings is 1. The highest BCUT2D eigenvalue weighted by Crippen LogP contribution is 2.18. The van der Waals surface area contributed by atoms with Crippen LogP contribution in [-0.2, 0) is 14.6 Å². The van der Waals surface area contributed by atoms with E-state index in [-0.39, 0.29) is 23.0 Å². The molecule has 2 aromatic rings. The molecule has 0 radical (unpaired) electrons. The van der Waals surface area contributed by atoms with E-state index in [4.69, 9.17) is 0 Å². The van der Waals surface area contributed by atoms with Crippen LogP contribution in [0.25, 0.3) is 0 Å². The summed E-state index contributed by atoms with van der Waals surface area (Å²) in [6.45, 7) is 0.307. The molecule has 2 rings (SSSR count). The molecule has 5 nitrogen and oxygen atoms in total. The van der Waals surface area contributed by atoms with Crippen LogP contribution in [0.3, 0.4) is 0 Å². The topological polar surface area (TPSA) is 83.5 Å². The molecule has 1 atom stereocenters. The molecule has 0 saturated heterocycles. The van der Waals surface area contributed by atoms with Crippen LogP contribution < -0.4 is 5.32 Å². The Balaban J connectivity index is 1.73. The van der Waals surface area contributed by atoms with E-state index >= 15 is 0 Å². The van der Waals surface area contributed by atoms with Crippen LogP contribution in [0.4, 0.5) is 0 Å². The summed E-state index contributed by atoms with van der Waals surface area (Å²) < 4.78 is 24.1. The molecule has 7 heteroatoms. The minimum Gasteiger partial charge on any atom is -0.388 e. The minimum atomic E-state index is -3.44. The molecule has 0 aliphatic rings. The molecular formula is C16H19NO4S2. The molecule has 0 aliphatic heterocycles. The summed E-state index contributed by atoms with van der Waals surface area (Å²) in [5.74, 6) is -0.558. The third-order valence-corrected chi connectivity index (χ3v) is 5.80. The zero-order valence-electron chi connectivity index (χ0n) is 12.5. The van der Waals surface area contributed by atoms with Crippen molar-refractivity contribution in [3.63, 3.8) is 0 Å². The Morgan fingerprint density at radius 1 is 1.22 bits per heavy atom. The standard InChI is InChI=1S/C16H19NO4S2/c18-15(13-7-10-22-12-13)6-9-17-16(19)8-11-23(20,21)14-4-2-1-3-5-14/h1-5,7,10,12,15,18H,6,8-9,11H2,(H,17,19)/t15-/m1/s1. The number of nitrogens with one attached hydrogen (secondary N) is 1. The second-order valence-electron chi connectivity index (χ2n) is 5.09. The van der Waals surface area contributed by atoms with Crippen molar-refractivity contribution in [3.8, 4) is 0 Å². The summed E-state index contributed by atoms with van der Waals surface area (Å²) in [4.78, 5) is 12.0. The van der Waals surface area contributed by atoms with Crippen molar-refractivity contribution in [1.29, 1.82) is 0 Å². The fourth-order valence-corrected chi connectivity index (χ4v) is 4.01. The Hall–Kier alpha value is -1.70. The van der Waals surface area contributed by atoms with E-state index in [0.29, 0.717) is 13.0 Å². The highest BCUT2D eigenvalue weighted by Gasteiger charge is 2.16. The molecule has 0 aliphatic carbocycles. The van der Waals surface area contributed by atoms with Crippen molar-refractivity contribution in [1.82, 2.24) is 5.32 Å². The van der Waals surface area contributed by atoms with E-state index in [2.05, 4.69) is 5.32 Å². The smallest absolute Gasteiger partial charge is 0.221 e. The highest BCUT2D eigenvalue weighted by atomic mass is 32.2. The van der Waals surface area contributed by atoms with Crippen molar-refractivity contribution in [3.05, 3.63) is 52.7 Å². The molecular weight excluding hydrogens is 334 g/mol. The maximum absolute atomic E-state index is 12.1. The van der Waals surface area contributed by atoms with E-state index in [9.17, 15) is 18.3 Å². The monoisotopic (exact) mass is 353 g/mol. The predicted octanol–water partition coefficient (Wildman–Crippen LogP) is 2.15. The van der Waals surface area contributed by atoms with Crippen LogP contribution >= 0.6 is 11.3 Å². The van der Waals surface area contributed by atoms with Gasteiger partial charge < -0.3 is 10.4 Å². The highest BCUT2D eigenvalue weighted by molar-refractivity contribution is 7.91. The van der Waals surface area contributed by atoms with Crippen molar-refractivity contribution in [2.45, 2.75) is 23.8 Å². The lowest BCUT2D eigenvalue weighted by Gasteiger charge is -2.10. The minimum absolute atomic E-state index is 0.0915.